The molecule has 1 N–H and O–H groups in total. The van der Waals surface area contributed by atoms with Crippen LogP contribution in [0.3, 0.4) is 0 Å². The summed E-state index contributed by atoms with van der Waals surface area (Å²) in [6.45, 7) is 2.87. The first-order valence-electron chi connectivity index (χ1n) is 12.9. The van der Waals surface area contributed by atoms with E-state index in [1.807, 2.05) is 6.07 Å². The molecule has 1 aliphatic carbocycles. The van der Waals surface area contributed by atoms with Crippen LogP contribution in [0.15, 0.2) is 24.4 Å². The van der Waals surface area contributed by atoms with E-state index in [9.17, 15) is 14.9 Å². The predicted molar refractivity (Wildman–Crippen MR) is 132 cm³/mol. The smallest absolute Gasteiger partial charge is 0.321 e. The maximum Gasteiger partial charge on any atom is 0.321 e. The van der Waals surface area contributed by atoms with E-state index in [-0.39, 0.29) is 17.9 Å². The van der Waals surface area contributed by atoms with Crippen molar-refractivity contribution >= 4 is 28.5 Å². The fourth-order valence-corrected chi connectivity index (χ4v) is 6.14. The number of aryl methyl sites for hydroxylation is 1. The topological polar surface area (TPSA) is 81.4 Å². The van der Waals surface area contributed by atoms with Gasteiger partial charge in [-0.2, -0.15) is 5.26 Å². The summed E-state index contributed by atoms with van der Waals surface area (Å²) in [6, 6.07) is 8.29. The largest absolute Gasteiger partial charge is 0.350 e. The van der Waals surface area contributed by atoms with Gasteiger partial charge < -0.3 is 19.7 Å². The van der Waals surface area contributed by atoms with Gasteiger partial charge in [0.2, 0.25) is 5.91 Å². The van der Waals surface area contributed by atoms with Gasteiger partial charge in [-0.25, -0.2) is 4.79 Å². The maximum absolute atomic E-state index is 12.8. The van der Waals surface area contributed by atoms with Gasteiger partial charge >= 0.3 is 6.03 Å². The number of benzene rings is 1. The number of carbonyl (C=O) groups excluding carboxylic acids is 2. The zero-order valence-corrected chi connectivity index (χ0v) is 20.1. The van der Waals surface area contributed by atoms with E-state index in [0.717, 1.165) is 62.8 Å². The lowest BCUT2D eigenvalue weighted by Gasteiger charge is -2.33. The number of piperidine rings is 2. The number of urea groups is 1. The summed E-state index contributed by atoms with van der Waals surface area (Å²) in [5.74, 6) is 0.966. The Morgan fingerprint density at radius 1 is 1.00 bits per heavy atom. The summed E-state index contributed by atoms with van der Waals surface area (Å²) < 4.78 is 2.16. The Labute approximate surface area is 201 Å². The molecular weight excluding hydrogens is 426 g/mol. The third-order valence-electron chi connectivity index (χ3n) is 8.11. The number of fused-ring (bicyclic) bond motifs is 1. The number of nitriles is 1. The van der Waals surface area contributed by atoms with E-state index in [4.69, 9.17) is 0 Å². The van der Waals surface area contributed by atoms with Gasteiger partial charge in [0.15, 0.2) is 0 Å². The molecule has 0 spiro atoms. The second-order valence-corrected chi connectivity index (χ2v) is 10.4. The average Bonchev–Trinajstić information content (AvgIpc) is 3.52. The number of nitrogens with zero attached hydrogens (tertiary/aromatic N) is 4. The highest BCUT2D eigenvalue weighted by atomic mass is 16.2. The molecule has 1 unspecified atom stereocenters. The van der Waals surface area contributed by atoms with E-state index in [0.29, 0.717) is 24.9 Å². The molecule has 0 bridgehead atoms. The van der Waals surface area contributed by atoms with Crippen molar-refractivity contribution < 1.29 is 9.59 Å². The minimum absolute atomic E-state index is 0.0749. The highest BCUT2D eigenvalue weighted by molar-refractivity contribution is 5.94. The van der Waals surface area contributed by atoms with Gasteiger partial charge in [0, 0.05) is 61.9 Å². The second-order valence-electron chi connectivity index (χ2n) is 10.4. The van der Waals surface area contributed by atoms with Crippen LogP contribution >= 0.6 is 0 Å². The summed E-state index contributed by atoms with van der Waals surface area (Å²) in [7, 11) is 2.07. The molecule has 3 aliphatic rings. The normalized spacial score (nSPS) is 22.2. The molecule has 2 aliphatic heterocycles. The molecule has 7 heteroatoms. The van der Waals surface area contributed by atoms with Gasteiger partial charge in [-0.05, 0) is 68.2 Å². The van der Waals surface area contributed by atoms with Crippen LogP contribution in [-0.2, 0) is 11.8 Å². The molecular formula is C27H35N5O2. The van der Waals surface area contributed by atoms with Crippen LogP contribution in [0.4, 0.5) is 10.5 Å². The highest BCUT2D eigenvalue weighted by Gasteiger charge is 2.31. The molecule has 3 amide bonds. The zero-order valence-electron chi connectivity index (χ0n) is 20.1. The van der Waals surface area contributed by atoms with Crippen molar-refractivity contribution in [3.63, 3.8) is 0 Å². The Balaban J connectivity index is 1.28. The molecule has 180 valence electrons. The third-order valence-corrected chi connectivity index (χ3v) is 8.11. The molecule has 5 rings (SSSR count). The van der Waals surface area contributed by atoms with Crippen LogP contribution in [0.25, 0.3) is 10.9 Å². The number of aromatic nitrogens is 1. The Morgan fingerprint density at radius 2 is 1.76 bits per heavy atom. The first-order valence-corrected chi connectivity index (χ1v) is 12.9. The van der Waals surface area contributed by atoms with Crippen molar-refractivity contribution in [2.24, 2.45) is 18.9 Å². The van der Waals surface area contributed by atoms with E-state index >= 15 is 0 Å². The summed E-state index contributed by atoms with van der Waals surface area (Å²) in [5.41, 5.74) is 3.25. The molecule has 2 saturated heterocycles. The molecule has 1 aromatic carbocycles. The summed E-state index contributed by atoms with van der Waals surface area (Å²) in [6.07, 6.45) is 10.4. The minimum Gasteiger partial charge on any atom is -0.350 e. The van der Waals surface area contributed by atoms with Crippen molar-refractivity contribution in [2.45, 2.75) is 57.3 Å². The van der Waals surface area contributed by atoms with Crippen LogP contribution in [0.1, 0.15) is 62.8 Å². The first-order chi connectivity index (χ1) is 16.5. The van der Waals surface area contributed by atoms with Gasteiger partial charge in [-0.15, -0.1) is 0 Å². The standard InChI is InChI=1S/C27H35N5O2/c1-30-18-24(20-10-13-31(14-11-20)26(33)21-6-2-3-7-21)23-15-22(8-9-25(23)30)29-27(34)32-12-4-5-19(16-28)17-32/h8-9,15,18-21H,2-7,10-14,17H2,1H3,(H,29,34). The number of likely N-dealkylation sites (tertiary alicyclic amines) is 2. The van der Waals surface area contributed by atoms with Gasteiger partial charge in [0.25, 0.3) is 0 Å². The van der Waals surface area contributed by atoms with Crippen molar-refractivity contribution in [1.29, 1.82) is 5.26 Å². The Morgan fingerprint density at radius 3 is 2.50 bits per heavy atom. The van der Waals surface area contributed by atoms with Crippen molar-refractivity contribution in [1.82, 2.24) is 14.4 Å². The Kier molecular flexibility index (Phi) is 6.49. The maximum atomic E-state index is 12.8. The van der Waals surface area contributed by atoms with Gasteiger partial charge in [0.05, 0.1) is 12.0 Å². The van der Waals surface area contributed by atoms with Gasteiger partial charge in [-0.1, -0.05) is 12.8 Å². The van der Waals surface area contributed by atoms with E-state index in [2.05, 4.69) is 46.2 Å². The highest BCUT2D eigenvalue weighted by Crippen LogP contribution is 2.36. The summed E-state index contributed by atoms with van der Waals surface area (Å²) >= 11 is 0. The lowest BCUT2D eigenvalue weighted by atomic mass is 9.88. The number of rotatable bonds is 3. The van der Waals surface area contributed by atoms with E-state index < -0.39 is 0 Å². The number of hydrogen-bond donors (Lipinski definition) is 1. The third kappa shape index (κ3) is 4.51. The molecule has 1 atom stereocenters. The van der Waals surface area contributed by atoms with Crippen molar-refractivity contribution in [3.8, 4) is 6.07 Å². The van der Waals surface area contributed by atoms with Crippen LogP contribution in [-0.4, -0.2) is 52.5 Å². The van der Waals surface area contributed by atoms with Crippen molar-refractivity contribution in [2.75, 3.05) is 31.5 Å². The number of hydrogen-bond acceptors (Lipinski definition) is 3. The fraction of sp³-hybridized carbons (Fsp3) is 0.593. The number of anilines is 1. The minimum atomic E-state index is -0.129. The monoisotopic (exact) mass is 461 g/mol. The summed E-state index contributed by atoms with van der Waals surface area (Å²) in [5, 5.41) is 13.5. The van der Waals surface area contributed by atoms with Crippen LogP contribution in [0.2, 0.25) is 0 Å². The van der Waals surface area contributed by atoms with Gasteiger partial charge in [0.1, 0.15) is 0 Å². The molecule has 3 fully saturated rings. The number of nitrogens with one attached hydrogen (secondary N) is 1. The first kappa shape index (κ1) is 22.8. The number of amides is 3. The molecule has 3 heterocycles. The number of carbonyl (C=O) groups is 2. The molecule has 34 heavy (non-hydrogen) atoms. The molecule has 0 radical (unpaired) electrons. The van der Waals surface area contributed by atoms with Crippen LogP contribution in [0, 0.1) is 23.2 Å². The second kappa shape index (κ2) is 9.69. The quantitative estimate of drug-likeness (QED) is 0.710. The summed E-state index contributed by atoms with van der Waals surface area (Å²) in [4.78, 5) is 29.5. The average molecular weight is 462 g/mol. The molecule has 7 nitrogen and oxygen atoms in total. The fourth-order valence-electron chi connectivity index (χ4n) is 6.14. The van der Waals surface area contributed by atoms with Crippen LogP contribution in [0.5, 0.6) is 0 Å². The lowest BCUT2D eigenvalue weighted by Crippen LogP contribution is -2.42. The van der Waals surface area contributed by atoms with E-state index in [1.54, 1.807) is 4.90 Å². The van der Waals surface area contributed by atoms with Gasteiger partial charge in [-0.3, -0.25) is 4.79 Å². The Hall–Kier alpha value is -3.01. The lowest BCUT2D eigenvalue weighted by molar-refractivity contribution is -0.136. The molecule has 1 saturated carbocycles. The van der Waals surface area contributed by atoms with Crippen molar-refractivity contribution in [3.05, 3.63) is 30.0 Å². The predicted octanol–water partition coefficient (Wildman–Crippen LogP) is 4.84. The van der Waals surface area contributed by atoms with E-state index in [1.165, 1.54) is 23.8 Å². The zero-order chi connectivity index (χ0) is 23.7. The molecule has 1 aromatic heterocycles. The van der Waals surface area contributed by atoms with Crippen LogP contribution < -0.4 is 5.32 Å². The molecule has 2 aromatic rings. The SMILES string of the molecule is Cn1cc(C2CCN(C(=O)C3CCCC3)CC2)c2cc(NC(=O)N3CCCC(C#N)C3)ccc21. The Bertz CT molecular complexity index is 1100.